The molecule has 2 heteroatoms. The van der Waals surface area contributed by atoms with Crippen LogP contribution in [-0.4, -0.2) is 13.6 Å². The zero-order valence-corrected chi connectivity index (χ0v) is 14.8. The highest BCUT2D eigenvalue weighted by Gasteiger charge is 2.13. The summed E-state index contributed by atoms with van der Waals surface area (Å²) in [6.07, 6.45) is 0. The Kier molecular flexibility index (Phi) is 5.27. The van der Waals surface area contributed by atoms with Gasteiger partial charge in [-0.3, -0.25) is 0 Å². The lowest BCUT2D eigenvalue weighted by atomic mass is 9.87. The van der Waals surface area contributed by atoms with Gasteiger partial charge in [-0.2, -0.15) is 0 Å². The molecule has 0 heterocycles. The monoisotopic (exact) mass is 308 g/mol. The molecule has 2 nitrogen and oxygen atoms in total. The topological polar surface area (TPSA) is 29.3 Å². The predicted molar refractivity (Wildman–Crippen MR) is 102 cm³/mol. The Morgan fingerprint density at radius 1 is 1.09 bits per heavy atom. The quantitative estimate of drug-likeness (QED) is 0.875. The van der Waals surface area contributed by atoms with Crippen LogP contribution in [0.3, 0.4) is 0 Å². The summed E-state index contributed by atoms with van der Waals surface area (Å²) >= 11 is 0. The minimum absolute atomic E-state index is 0.196. The van der Waals surface area contributed by atoms with E-state index in [1.165, 1.54) is 16.8 Å². The van der Waals surface area contributed by atoms with Crippen LogP contribution in [0.5, 0.6) is 0 Å². The van der Waals surface area contributed by atoms with E-state index in [1.807, 2.05) is 0 Å². The highest BCUT2D eigenvalue weighted by Crippen LogP contribution is 2.24. The Hall–Kier alpha value is -2.06. The molecule has 0 aliphatic rings. The maximum Gasteiger partial charge on any atom is 0.0426 e. The molecule has 0 spiro atoms. The lowest BCUT2D eigenvalue weighted by Gasteiger charge is -2.22. The molecule has 2 aromatic carbocycles. The summed E-state index contributed by atoms with van der Waals surface area (Å²) in [5.41, 5.74) is 11.8. The van der Waals surface area contributed by atoms with Crippen molar-refractivity contribution in [3.63, 3.8) is 0 Å². The van der Waals surface area contributed by atoms with Gasteiger partial charge in [-0.25, -0.2) is 0 Å². The average Bonchev–Trinajstić information content (AvgIpc) is 2.54. The van der Waals surface area contributed by atoms with Crippen molar-refractivity contribution in [3.8, 4) is 0 Å². The number of benzene rings is 2. The molecule has 0 saturated heterocycles. The summed E-state index contributed by atoms with van der Waals surface area (Å²) in [4.78, 5) is 2.25. The second kappa shape index (κ2) is 7.01. The van der Waals surface area contributed by atoms with Gasteiger partial charge in [0.15, 0.2) is 0 Å². The molecule has 0 amide bonds. The van der Waals surface area contributed by atoms with Gasteiger partial charge in [0.25, 0.3) is 0 Å². The number of hydrogen-bond donors (Lipinski definition) is 1. The van der Waals surface area contributed by atoms with Crippen molar-refractivity contribution < 1.29 is 0 Å². The van der Waals surface area contributed by atoms with E-state index >= 15 is 0 Å². The van der Waals surface area contributed by atoms with Crippen molar-refractivity contribution >= 4 is 11.3 Å². The fourth-order valence-corrected chi connectivity index (χ4v) is 2.56. The zero-order chi connectivity index (χ0) is 17.0. The van der Waals surface area contributed by atoms with Crippen molar-refractivity contribution in [1.82, 2.24) is 0 Å². The van der Waals surface area contributed by atoms with E-state index in [2.05, 4.69) is 87.8 Å². The fourth-order valence-electron chi connectivity index (χ4n) is 2.56. The molecule has 2 aromatic rings. The van der Waals surface area contributed by atoms with E-state index in [9.17, 15) is 0 Å². The third-order valence-electron chi connectivity index (χ3n) is 4.18. The van der Waals surface area contributed by atoms with Gasteiger partial charge in [0.1, 0.15) is 0 Å². The lowest BCUT2D eigenvalue weighted by Crippen LogP contribution is -2.17. The van der Waals surface area contributed by atoms with Crippen molar-refractivity contribution in [2.75, 3.05) is 18.5 Å². The van der Waals surface area contributed by atoms with E-state index in [0.29, 0.717) is 6.54 Å². The first kappa shape index (κ1) is 17.3. The Balaban J connectivity index is 2.13. The van der Waals surface area contributed by atoms with E-state index in [-0.39, 0.29) is 5.41 Å². The molecule has 23 heavy (non-hydrogen) atoms. The molecule has 2 rings (SSSR count). The Bertz CT molecular complexity index is 663. The van der Waals surface area contributed by atoms with Crippen molar-refractivity contribution in [2.45, 2.75) is 32.7 Å². The predicted octanol–water partition coefficient (Wildman–Crippen LogP) is 4.59. The number of nitrogens with two attached hydrogens (primary N) is 1. The molecule has 0 aromatic heterocycles. The van der Waals surface area contributed by atoms with Gasteiger partial charge in [0.2, 0.25) is 0 Å². The van der Waals surface area contributed by atoms with Crippen LogP contribution >= 0.6 is 0 Å². The van der Waals surface area contributed by atoms with Gasteiger partial charge in [0.05, 0.1) is 0 Å². The van der Waals surface area contributed by atoms with Gasteiger partial charge in [-0.15, -0.1) is 0 Å². The molecule has 0 saturated carbocycles. The van der Waals surface area contributed by atoms with Crippen LogP contribution in [0.1, 0.15) is 37.5 Å². The maximum atomic E-state index is 5.69. The summed E-state index contributed by atoms with van der Waals surface area (Å²) in [5, 5.41) is 0. The van der Waals surface area contributed by atoms with Gasteiger partial charge in [-0.1, -0.05) is 63.7 Å². The second-order valence-corrected chi connectivity index (χ2v) is 7.16. The standard InChI is InChI=1S/C21H28N2/c1-16(14-22)18-7-6-8-20(13-18)23(5)15-17-9-11-19(12-10-17)21(2,3)4/h6-13H,1,14-15,22H2,2-5H3. The molecule has 0 atom stereocenters. The number of nitrogens with zero attached hydrogens (tertiary/aromatic N) is 1. The summed E-state index contributed by atoms with van der Waals surface area (Å²) in [7, 11) is 2.11. The van der Waals surface area contributed by atoms with Gasteiger partial charge in [-0.05, 0) is 39.8 Å². The zero-order valence-electron chi connectivity index (χ0n) is 14.8. The minimum atomic E-state index is 0.196. The first-order valence-corrected chi connectivity index (χ1v) is 8.10. The van der Waals surface area contributed by atoms with E-state index in [1.54, 1.807) is 0 Å². The molecule has 0 aliphatic carbocycles. The maximum absolute atomic E-state index is 5.69. The fraction of sp³-hybridized carbons (Fsp3) is 0.333. The first-order chi connectivity index (χ1) is 10.8. The third-order valence-corrected chi connectivity index (χ3v) is 4.18. The normalized spacial score (nSPS) is 11.3. The van der Waals surface area contributed by atoms with Crippen molar-refractivity contribution in [2.24, 2.45) is 5.73 Å². The molecule has 0 aliphatic heterocycles. The number of hydrogen-bond acceptors (Lipinski definition) is 2. The Labute approximate surface area is 140 Å². The molecule has 0 bridgehead atoms. The van der Waals surface area contributed by atoms with Crippen molar-refractivity contribution in [3.05, 3.63) is 71.8 Å². The van der Waals surface area contributed by atoms with E-state index < -0.39 is 0 Å². The summed E-state index contributed by atoms with van der Waals surface area (Å²) in [6.45, 7) is 12.1. The van der Waals surface area contributed by atoms with Crippen LogP contribution in [0.2, 0.25) is 0 Å². The Morgan fingerprint density at radius 3 is 2.30 bits per heavy atom. The van der Waals surface area contributed by atoms with Gasteiger partial charge in [0, 0.05) is 25.8 Å². The SMILES string of the molecule is C=C(CN)c1cccc(N(C)Cc2ccc(C(C)(C)C)cc2)c1. The van der Waals surface area contributed by atoms with E-state index in [0.717, 1.165) is 17.7 Å². The van der Waals surface area contributed by atoms with Crippen LogP contribution in [0, 0.1) is 0 Å². The number of anilines is 1. The molecule has 0 radical (unpaired) electrons. The summed E-state index contributed by atoms with van der Waals surface area (Å²) < 4.78 is 0. The first-order valence-electron chi connectivity index (χ1n) is 8.10. The lowest BCUT2D eigenvalue weighted by molar-refractivity contribution is 0.590. The largest absolute Gasteiger partial charge is 0.370 e. The summed E-state index contributed by atoms with van der Waals surface area (Å²) in [5.74, 6) is 0. The smallest absolute Gasteiger partial charge is 0.0426 e. The summed E-state index contributed by atoms with van der Waals surface area (Å²) in [6, 6.07) is 17.3. The van der Waals surface area contributed by atoms with Crippen LogP contribution in [0.15, 0.2) is 55.1 Å². The second-order valence-electron chi connectivity index (χ2n) is 7.16. The van der Waals surface area contributed by atoms with Crippen LogP contribution in [-0.2, 0) is 12.0 Å². The van der Waals surface area contributed by atoms with E-state index in [4.69, 9.17) is 5.73 Å². The molecular weight excluding hydrogens is 280 g/mol. The van der Waals surface area contributed by atoms with Crippen LogP contribution in [0.25, 0.3) is 5.57 Å². The Morgan fingerprint density at radius 2 is 1.74 bits per heavy atom. The molecule has 0 unspecified atom stereocenters. The highest BCUT2D eigenvalue weighted by molar-refractivity contribution is 5.68. The van der Waals surface area contributed by atoms with Crippen LogP contribution < -0.4 is 10.6 Å². The van der Waals surface area contributed by atoms with Gasteiger partial charge >= 0.3 is 0 Å². The molecule has 0 fully saturated rings. The third kappa shape index (κ3) is 4.46. The number of rotatable bonds is 5. The highest BCUT2D eigenvalue weighted by atomic mass is 15.1. The van der Waals surface area contributed by atoms with Crippen LogP contribution in [0.4, 0.5) is 5.69 Å². The van der Waals surface area contributed by atoms with Gasteiger partial charge < -0.3 is 10.6 Å². The van der Waals surface area contributed by atoms with Crippen molar-refractivity contribution in [1.29, 1.82) is 0 Å². The molecule has 122 valence electrons. The molecular formula is C21H28N2. The minimum Gasteiger partial charge on any atom is -0.370 e. The molecule has 2 N–H and O–H groups in total. The average molecular weight is 308 g/mol.